The van der Waals surface area contributed by atoms with Gasteiger partial charge in [-0.15, -0.1) is 11.3 Å². The molecule has 8 aromatic carbocycles. The second-order valence-corrected chi connectivity index (χ2v) is 15.1. The molecule has 10 aromatic rings. The average Bonchev–Trinajstić information content (AvgIpc) is 3.78. The molecule has 49 heavy (non-hydrogen) atoms. The Bertz CT molecular complexity index is 3010. The number of thiophene rings is 1. The molecule has 1 aliphatic carbocycles. The van der Waals surface area contributed by atoms with Crippen LogP contribution in [0.1, 0.15) is 25.0 Å². The zero-order chi connectivity index (χ0) is 32.4. The first-order valence-electron chi connectivity index (χ1n) is 17.1. The molecule has 1 nitrogen and oxygen atoms in total. The standard InChI is InChI=1S/C47H31NS/c1-47(2)38-19-8-5-13-32(38)34-18-11-17-30(45(34)47)28-22-24-29(25-23-28)48-39-20-9-6-15-36(39)42-40(48)27-26-33-31-12-3-4-14-35(31)46-44(43(33)42)37-16-7-10-21-41(37)49-46/h3-27H,1-2H3. The van der Waals surface area contributed by atoms with Gasteiger partial charge in [-0.1, -0.05) is 135 Å². The molecular formula is C47H31NS. The van der Waals surface area contributed by atoms with E-state index in [1.807, 2.05) is 11.3 Å². The van der Waals surface area contributed by atoms with Crippen LogP contribution in [-0.4, -0.2) is 4.57 Å². The zero-order valence-corrected chi connectivity index (χ0v) is 28.1. The minimum Gasteiger partial charge on any atom is -0.309 e. The lowest BCUT2D eigenvalue weighted by Crippen LogP contribution is -2.16. The van der Waals surface area contributed by atoms with Crippen molar-refractivity contribution < 1.29 is 0 Å². The zero-order valence-electron chi connectivity index (χ0n) is 27.3. The number of para-hydroxylation sites is 1. The highest BCUT2D eigenvalue weighted by Crippen LogP contribution is 2.52. The molecule has 0 aliphatic heterocycles. The van der Waals surface area contributed by atoms with Gasteiger partial charge in [0.2, 0.25) is 0 Å². The third-order valence-electron chi connectivity index (χ3n) is 11.2. The summed E-state index contributed by atoms with van der Waals surface area (Å²) in [7, 11) is 0. The van der Waals surface area contributed by atoms with E-state index < -0.39 is 0 Å². The van der Waals surface area contributed by atoms with Crippen LogP contribution in [0.2, 0.25) is 0 Å². The van der Waals surface area contributed by atoms with Crippen molar-refractivity contribution in [1.29, 1.82) is 0 Å². The van der Waals surface area contributed by atoms with E-state index in [4.69, 9.17) is 0 Å². The molecule has 0 saturated heterocycles. The van der Waals surface area contributed by atoms with Crippen molar-refractivity contribution in [1.82, 2.24) is 4.57 Å². The van der Waals surface area contributed by atoms with E-state index in [1.54, 1.807) is 0 Å². The van der Waals surface area contributed by atoms with Gasteiger partial charge in [-0.3, -0.25) is 0 Å². The van der Waals surface area contributed by atoms with Gasteiger partial charge in [-0.25, -0.2) is 0 Å². The largest absolute Gasteiger partial charge is 0.309 e. The molecule has 2 heterocycles. The molecule has 11 rings (SSSR count). The Morgan fingerprint density at radius 2 is 1.12 bits per heavy atom. The second-order valence-electron chi connectivity index (χ2n) is 14.0. The quantitative estimate of drug-likeness (QED) is 0.166. The highest BCUT2D eigenvalue weighted by atomic mass is 32.1. The van der Waals surface area contributed by atoms with Crippen LogP contribution in [0.4, 0.5) is 0 Å². The number of rotatable bonds is 2. The lowest BCUT2D eigenvalue weighted by atomic mass is 9.79. The smallest absolute Gasteiger partial charge is 0.0547 e. The fourth-order valence-electron chi connectivity index (χ4n) is 9.10. The summed E-state index contributed by atoms with van der Waals surface area (Å²) in [6.07, 6.45) is 0. The minimum atomic E-state index is -0.0591. The SMILES string of the molecule is CC1(C)c2ccccc2-c2cccc(-c3ccc(-n4c5ccccc5c5c6c(ccc54)c4ccccc4c4sc5ccccc5c46)cc3)c21. The molecule has 0 unspecified atom stereocenters. The summed E-state index contributed by atoms with van der Waals surface area (Å²) >= 11 is 1.92. The third-order valence-corrected chi connectivity index (χ3v) is 12.4. The Morgan fingerprint density at radius 1 is 0.449 bits per heavy atom. The van der Waals surface area contributed by atoms with Gasteiger partial charge in [-0.05, 0) is 74.5 Å². The van der Waals surface area contributed by atoms with E-state index in [1.165, 1.54) is 103 Å². The van der Waals surface area contributed by atoms with Crippen LogP contribution in [-0.2, 0) is 5.41 Å². The van der Waals surface area contributed by atoms with Crippen LogP contribution in [0.25, 0.3) is 91.5 Å². The van der Waals surface area contributed by atoms with Gasteiger partial charge in [0.25, 0.3) is 0 Å². The molecule has 230 valence electrons. The van der Waals surface area contributed by atoms with Crippen LogP contribution in [0.15, 0.2) is 152 Å². The third kappa shape index (κ3) is 3.54. The summed E-state index contributed by atoms with van der Waals surface area (Å²) < 4.78 is 5.18. The highest BCUT2D eigenvalue weighted by molar-refractivity contribution is 7.27. The Morgan fingerprint density at radius 3 is 1.98 bits per heavy atom. The van der Waals surface area contributed by atoms with Crippen LogP contribution < -0.4 is 0 Å². The number of fused-ring (bicyclic) bond motifs is 15. The Balaban J connectivity index is 1.18. The highest BCUT2D eigenvalue weighted by Gasteiger charge is 2.37. The number of aromatic nitrogens is 1. The minimum absolute atomic E-state index is 0.0591. The van der Waals surface area contributed by atoms with Crippen molar-refractivity contribution in [3.8, 4) is 27.9 Å². The van der Waals surface area contributed by atoms with Crippen molar-refractivity contribution in [2.75, 3.05) is 0 Å². The number of nitrogens with zero attached hydrogens (tertiary/aromatic N) is 1. The van der Waals surface area contributed by atoms with Crippen molar-refractivity contribution >= 4 is 74.9 Å². The van der Waals surface area contributed by atoms with Crippen LogP contribution >= 0.6 is 11.3 Å². The van der Waals surface area contributed by atoms with E-state index in [0.29, 0.717) is 0 Å². The number of hydrogen-bond acceptors (Lipinski definition) is 1. The van der Waals surface area contributed by atoms with Gasteiger partial charge < -0.3 is 4.57 Å². The van der Waals surface area contributed by atoms with Crippen molar-refractivity contribution in [2.24, 2.45) is 0 Å². The molecule has 0 amide bonds. The summed E-state index contributed by atoms with van der Waals surface area (Å²) in [5.41, 5.74) is 11.7. The first-order chi connectivity index (χ1) is 24.1. The number of benzene rings is 8. The second kappa shape index (κ2) is 9.69. The average molecular weight is 642 g/mol. The molecule has 0 bridgehead atoms. The molecule has 0 atom stereocenters. The van der Waals surface area contributed by atoms with Crippen LogP contribution in [0.5, 0.6) is 0 Å². The molecule has 0 spiro atoms. The van der Waals surface area contributed by atoms with Gasteiger partial charge in [0.15, 0.2) is 0 Å². The maximum absolute atomic E-state index is 2.47. The summed E-state index contributed by atoms with van der Waals surface area (Å²) in [6, 6.07) is 56.5. The lowest BCUT2D eigenvalue weighted by molar-refractivity contribution is 0.662. The van der Waals surface area contributed by atoms with E-state index >= 15 is 0 Å². The van der Waals surface area contributed by atoms with Gasteiger partial charge in [0, 0.05) is 52.8 Å². The van der Waals surface area contributed by atoms with E-state index in [9.17, 15) is 0 Å². The maximum Gasteiger partial charge on any atom is 0.0547 e. The molecule has 0 radical (unpaired) electrons. The monoisotopic (exact) mass is 641 g/mol. The van der Waals surface area contributed by atoms with Crippen LogP contribution in [0.3, 0.4) is 0 Å². The van der Waals surface area contributed by atoms with E-state index in [2.05, 4.69) is 170 Å². The lowest BCUT2D eigenvalue weighted by Gasteiger charge is -2.24. The molecule has 2 heteroatoms. The van der Waals surface area contributed by atoms with Crippen molar-refractivity contribution in [3.63, 3.8) is 0 Å². The molecule has 0 fully saturated rings. The van der Waals surface area contributed by atoms with Crippen molar-refractivity contribution in [2.45, 2.75) is 19.3 Å². The molecule has 0 saturated carbocycles. The summed E-state index contributed by atoms with van der Waals surface area (Å²) in [5, 5.41) is 10.7. The fraction of sp³-hybridized carbons (Fsp3) is 0.0638. The van der Waals surface area contributed by atoms with Gasteiger partial charge >= 0.3 is 0 Å². The molecule has 1 aliphatic rings. The summed E-state index contributed by atoms with van der Waals surface area (Å²) in [6.45, 7) is 4.74. The molecular weight excluding hydrogens is 611 g/mol. The van der Waals surface area contributed by atoms with E-state index in [0.717, 1.165) is 0 Å². The van der Waals surface area contributed by atoms with Crippen molar-refractivity contribution in [3.05, 3.63) is 163 Å². The summed E-state index contributed by atoms with van der Waals surface area (Å²) in [5.74, 6) is 0. The Labute approximate surface area is 288 Å². The first kappa shape index (κ1) is 27.3. The topological polar surface area (TPSA) is 4.93 Å². The fourth-order valence-corrected chi connectivity index (χ4v) is 10.3. The predicted octanol–water partition coefficient (Wildman–Crippen LogP) is 13.4. The summed E-state index contributed by atoms with van der Waals surface area (Å²) in [4.78, 5) is 0. The van der Waals surface area contributed by atoms with Gasteiger partial charge in [0.1, 0.15) is 0 Å². The molecule has 0 N–H and O–H groups in total. The normalized spacial score (nSPS) is 13.7. The maximum atomic E-state index is 2.47. The number of hydrogen-bond donors (Lipinski definition) is 0. The van der Waals surface area contributed by atoms with Crippen LogP contribution in [0, 0.1) is 0 Å². The Kier molecular flexibility index (Phi) is 5.39. The Hall–Kier alpha value is -5.70. The molecule has 2 aromatic heterocycles. The predicted molar refractivity (Wildman–Crippen MR) is 212 cm³/mol. The van der Waals surface area contributed by atoms with Gasteiger partial charge in [-0.2, -0.15) is 0 Å². The van der Waals surface area contributed by atoms with Gasteiger partial charge in [0.05, 0.1) is 11.0 Å². The first-order valence-corrected chi connectivity index (χ1v) is 17.9. The van der Waals surface area contributed by atoms with E-state index in [-0.39, 0.29) is 5.41 Å².